The summed E-state index contributed by atoms with van der Waals surface area (Å²) in [5.74, 6) is 0.0746. The van der Waals surface area contributed by atoms with Crippen molar-refractivity contribution in [3.63, 3.8) is 0 Å². The lowest BCUT2D eigenvalue weighted by molar-refractivity contribution is -0.120. The van der Waals surface area contributed by atoms with Gasteiger partial charge < -0.3 is 4.74 Å². The molecule has 3 rings (SSSR count). The number of ether oxygens (including phenoxy) is 1. The third-order valence-electron chi connectivity index (χ3n) is 4.15. The van der Waals surface area contributed by atoms with Gasteiger partial charge in [-0.3, -0.25) is 9.69 Å². The van der Waals surface area contributed by atoms with Crippen LogP contribution in [0.2, 0.25) is 5.15 Å². The van der Waals surface area contributed by atoms with Crippen molar-refractivity contribution in [2.75, 3.05) is 0 Å². The average molecular weight is 323 g/mol. The molecule has 2 aliphatic heterocycles. The molecule has 22 heavy (non-hydrogen) atoms. The van der Waals surface area contributed by atoms with E-state index >= 15 is 0 Å². The number of nitrogens with zero attached hydrogens (tertiary/aromatic N) is 2. The monoisotopic (exact) mass is 322 g/mol. The van der Waals surface area contributed by atoms with Gasteiger partial charge in [0, 0.05) is 24.6 Å². The first-order valence-corrected chi connectivity index (χ1v) is 7.79. The molecular weight excluding hydrogens is 304 g/mol. The molecule has 5 nitrogen and oxygen atoms in total. The fourth-order valence-electron chi connectivity index (χ4n) is 3.37. The van der Waals surface area contributed by atoms with Crippen molar-refractivity contribution < 1.29 is 14.3 Å². The minimum absolute atomic E-state index is 0.0245. The first-order chi connectivity index (χ1) is 10.3. The fraction of sp³-hybridized carbons (Fsp3) is 0.562. The molecule has 1 aromatic heterocycles. The summed E-state index contributed by atoms with van der Waals surface area (Å²) in [6.45, 7) is 5.47. The quantitative estimate of drug-likeness (QED) is 0.745. The molecular formula is C16H19ClN2O3. The smallest absolute Gasteiger partial charge is 0.411 e. The van der Waals surface area contributed by atoms with E-state index in [1.54, 1.807) is 17.2 Å². The molecule has 2 bridgehead atoms. The van der Waals surface area contributed by atoms with E-state index < -0.39 is 17.7 Å². The number of pyridine rings is 1. The summed E-state index contributed by atoms with van der Waals surface area (Å²) in [5.41, 5.74) is 0.373. The fourth-order valence-corrected chi connectivity index (χ4v) is 3.48. The van der Waals surface area contributed by atoms with Crippen LogP contribution in [0.1, 0.15) is 45.1 Å². The molecule has 0 radical (unpaired) electrons. The number of ketones is 1. The summed E-state index contributed by atoms with van der Waals surface area (Å²) in [7, 11) is 0. The molecule has 3 heterocycles. The average Bonchev–Trinajstić information content (AvgIpc) is 2.91. The maximum atomic E-state index is 12.4. The third kappa shape index (κ3) is 2.70. The van der Waals surface area contributed by atoms with Crippen molar-refractivity contribution in [3.05, 3.63) is 29.0 Å². The summed E-state index contributed by atoms with van der Waals surface area (Å²) in [6.07, 6.45) is 2.46. The highest BCUT2D eigenvalue weighted by molar-refractivity contribution is 6.29. The number of amides is 1. The van der Waals surface area contributed by atoms with Crippen LogP contribution in [-0.4, -0.2) is 39.4 Å². The highest BCUT2D eigenvalue weighted by Gasteiger charge is 2.55. The van der Waals surface area contributed by atoms with Crippen LogP contribution in [0.25, 0.3) is 0 Å². The summed E-state index contributed by atoms with van der Waals surface area (Å²) in [5, 5.41) is 0.419. The maximum Gasteiger partial charge on any atom is 0.411 e. The van der Waals surface area contributed by atoms with Gasteiger partial charge in [-0.15, -0.1) is 0 Å². The van der Waals surface area contributed by atoms with Crippen LogP contribution in [0.15, 0.2) is 18.3 Å². The molecule has 0 saturated carbocycles. The van der Waals surface area contributed by atoms with Gasteiger partial charge in [-0.05, 0) is 38.8 Å². The largest absolute Gasteiger partial charge is 0.444 e. The van der Waals surface area contributed by atoms with Crippen molar-refractivity contribution in [2.24, 2.45) is 0 Å². The Morgan fingerprint density at radius 3 is 2.73 bits per heavy atom. The molecule has 1 aromatic rings. The Hall–Kier alpha value is -1.62. The lowest BCUT2D eigenvalue weighted by Gasteiger charge is -2.27. The summed E-state index contributed by atoms with van der Waals surface area (Å²) >= 11 is 5.82. The van der Waals surface area contributed by atoms with E-state index in [-0.39, 0.29) is 17.7 Å². The zero-order valence-corrected chi connectivity index (χ0v) is 13.6. The first kappa shape index (κ1) is 15.3. The summed E-state index contributed by atoms with van der Waals surface area (Å²) in [4.78, 5) is 30.4. The van der Waals surface area contributed by atoms with Gasteiger partial charge in [-0.2, -0.15) is 0 Å². The minimum atomic E-state index is -0.570. The number of fused-ring (bicyclic) bond motifs is 2. The van der Waals surface area contributed by atoms with Crippen LogP contribution in [0.3, 0.4) is 0 Å². The van der Waals surface area contributed by atoms with Crippen LogP contribution in [0.4, 0.5) is 4.79 Å². The van der Waals surface area contributed by atoms with Crippen LogP contribution in [0.5, 0.6) is 0 Å². The van der Waals surface area contributed by atoms with Crippen LogP contribution in [-0.2, 0) is 9.53 Å². The Labute approximate surface area is 134 Å². The standard InChI is InChI=1S/C16H19ClN2O3/c1-16(2,3)22-15(21)19-10-6-11(14(19)12(20)7-10)9-4-5-13(17)18-8-9/h4-5,8,10-11,14H,6-7H2,1-3H3/t10-,11-,14+/m1/s1. The number of halogens is 1. The van der Waals surface area contributed by atoms with E-state index in [0.717, 1.165) is 12.0 Å². The predicted octanol–water partition coefficient (Wildman–Crippen LogP) is 3.17. The number of rotatable bonds is 1. The highest BCUT2D eigenvalue weighted by atomic mass is 35.5. The van der Waals surface area contributed by atoms with Gasteiger partial charge in [-0.25, -0.2) is 9.78 Å². The van der Waals surface area contributed by atoms with E-state index in [4.69, 9.17) is 16.3 Å². The second kappa shape index (κ2) is 5.23. The minimum Gasteiger partial charge on any atom is -0.444 e. The lowest BCUT2D eigenvalue weighted by atomic mass is 9.84. The highest BCUT2D eigenvalue weighted by Crippen LogP contribution is 2.45. The topological polar surface area (TPSA) is 59.5 Å². The molecule has 2 saturated heterocycles. The normalized spacial score (nSPS) is 27.4. The molecule has 0 aromatic carbocycles. The van der Waals surface area contributed by atoms with E-state index in [1.165, 1.54) is 0 Å². The molecule has 0 unspecified atom stereocenters. The SMILES string of the molecule is CC(C)(C)OC(=O)N1[C@H]2CC(=O)[C@@H]1[C@@H](c1ccc(Cl)nc1)C2. The number of carbonyl (C=O) groups is 2. The molecule has 0 aliphatic carbocycles. The molecule has 118 valence electrons. The summed E-state index contributed by atoms with van der Waals surface area (Å²) < 4.78 is 5.45. The number of hydrogen-bond acceptors (Lipinski definition) is 4. The van der Waals surface area contributed by atoms with E-state index in [2.05, 4.69) is 4.98 Å². The predicted molar refractivity (Wildman–Crippen MR) is 81.9 cm³/mol. The number of hydrogen-bond donors (Lipinski definition) is 0. The Kier molecular flexibility index (Phi) is 3.63. The maximum absolute atomic E-state index is 12.4. The molecule has 2 fully saturated rings. The molecule has 0 N–H and O–H groups in total. The van der Waals surface area contributed by atoms with Crippen molar-refractivity contribution in [1.29, 1.82) is 0 Å². The molecule has 6 heteroatoms. The van der Waals surface area contributed by atoms with Gasteiger partial charge >= 0.3 is 6.09 Å². The van der Waals surface area contributed by atoms with Crippen molar-refractivity contribution in [2.45, 2.75) is 57.2 Å². The second-order valence-electron chi connectivity index (χ2n) is 6.91. The Morgan fingerprint density at radius 1 is 1.41 bits per heavy atom. The van der Waals surface area contributed by atoms with Crippen molar-refractivity contribution in [3.8, 4) is 0 Å². The van der Waals surface area contributed by atoms with Crippen LogP contribution >= 0.6 is 11.6 Å². The first-order valence-electron chi connectivity index (χ1n) is 7.42. The van der Waals surface area contributed by atoms with Crippen molar-refractivity contribution in [1.82, 2.24) is 9.88 Å². The van der Waals surface area contributed by atoms with Gasteiger partial charge in [0.1, 0.15) is 16.8 Å². The van der Waals surface area contributed by atoms with Gasteiger partial charge in [-0.1, -0.05) is 17.7 Å². The summed E-state index contributed by atoms with van der Waals surface area (Å²) in [6, 6.07) is 3.07. The Balaban J connectivity index is 1.85. The number of carbonyl (C=O) groups excluding carboxylic acids is 2. The van der Waals surface area contributed by atoms with E-state index in [0.29, 0.717) is 11.6 Å². The zero-order chi connectivity index (χ0) is 16.1. The number of aromatic nitrogens is 1. The van der Waals surface area contributed by atoms with Gasteiger partial charge in [0.15, 0.2) is 5.78 Å². The van der Waals surface area contributed by atoms with E-state index in [1.807, 2.05) is 26.8 Å². The Morgan fingerprint density at radius 2 is 2.14 bits per heavy atom. The molecule has 0 spiro atoms. The second-order valence-corrected chi connectivity index (χ2v) is 7.30. The lowest BCUT2D eigenvalue weighted by Crippen LogP contribution is -2.41. The van der Waals surface area contributed by atoms with Crippen LogP contribution < -0.4 is 0 Å². The number of Topliss-reactive ketones (excluding diaryl/α,β-unsaturated/α-hetero) is 1. The van der Waals surface area contributed by atoms with E-state index in [9.17, 15) is 9.59 Å². The van der Waals surface area contributed by atoms with Gasteiger partial charge in [0.05, 0.1) is 0 Å². The van der Waals surface area contributed by atoms with Gasteiger partial charge in [0.25, 0.3) is 0 Å². The van der Waals surface area contributed by atoms with Gasteiger partial charge in [0.2, 0.25) is 0 Å². The molecule has 2 aliphatic rings. The molecule has 3 atom stereocenters. The van der Waals surface area contributed by atoms with Crippen molar-refractivity contribution >= 4 is 23.5 Å². The third-order valence-corrected chi connectivity index (χ3v) is 4.37. The van der Waals surface area contributed by atoms with Crippen LogP contribution in [0, 0.1) is 0 Å². The molecule has 1 amide bonds. The zero-order valence-electron chi connectivity index (χ0n) is 12.9. The Bertz CT molecular complexity index is 609.